The van der Waals surface area contributed by atoms with Crippen LogP contribution >= 0.6 is 15.9 Å². The molecule has 1 atom stereocenters. The summed E-state index contributed by atoms with van der Waals surface area (Å²) < 4.78 is 8.43. The van der Waals surface area contributed by atoms with Crippen molar-refractivity contribution in [2.45, 2.75) is 39.3 Å². The van der Waals surface area contributed by atoms with E-state index in [1.807, 2.05) is 7.05 Å². The zero-order chi connectivity index (χ0) is 12.8. The Hall–Kier alpha value is -0.390. The van der Waals surface area contributed by atoms with Crippen LogP contribution in [0.2, 0.25) is 0 Å². The van der Waals surface area contributed by atoms with Gasteiger partial charge in [-0.1, -0.05) is 6.92 Å². The van der Waals surface area contributed by atoms with Crippen LogP contribution in [-0.2, 0) is 24.1 Å². The Morgan fingerprint density at radius 1 is 1.47 bits per heavy atom. The highest BCUT2D eigenvalue weighted by Crippen LogP contribution is 2.23. The number of nitrogens with zero attached hydrogens (tertiary/aromatic N) is 2. The smallest absolute Gasteiger partial charge is 0.0766 e. The molecule has 1 rings (SSSR count). The number of halogens is 1. The molecule has 0 aliphatic rings. The monoisotopic (exact) mass is 303 g/mol. The zero-order valence-corrected chi connectivity index (χ0v) is 12.7. The maximum absolute atomic E-state index is 5.21. The fourth-order valence-corrected chi connectivity index (χ4v) is 2.62. The number of methoxy groups -OCH3 is 1. The molecule has 0 bridgehead atoms. The lowest BCUT2D eigenvalue weighted by atomic mass is 10.1. The van der Waals surface area contributed by atoms with Crippen molar-refractivity contribution in [2.75, 3.05) is 20.8 Å². The summed E-state index contributed by atoms with van der Waals surface area (Å²) in [5.74, 6) is 0. The number of hydrogen-bond acceptors (Lipinski definition) is 3. The topological polar surface area (TPSA) is 39.1 Å². The standard InChI is InChI=1S/C12H22BrN3O/c1-5-10-12(13)11(16(6-2)15-10)7-9(14-3)8-17-4/h9,14H,5-8H2,1-4H3. The van der Waals surface area contributed by atoms with Gasteiger partial charge in [-0.05, 0) is 36.3 Å². The third-order valence-corrected chi connectivity index (χ3v) is 3.83. The summed E-state index contributed by atoms with van der Waals surface area (Å²) in [4.78, 5) is 0. The van der Waals surface area contributed by atoms with Crippen LogP contribution in [0.3, 0.4) is 0 Å². The van der Waals surface area contributed by atoms with E-state index in [1.54, 1.807) is 7.11 Å². The van der Waals surface area contributed by atoms with E-state index in [1.165, 1.54) is 5.69 Å². The van der Waals surface area contributed by atoms with E-state index in [0.717, 1.165) is 29.6 Å². The molecule has 0 spiro atoms. The minimum absolute atomic E-state index is 0.322. The van der Waals surface area contributed by atoms with Gasteiger partial charge in [0.25, 0.3) is 0 Å². The average Bonchev–Trinajstić information content (AvgIpc) is 2.65. The van der Waals surface area contributed by atoms with Gasteiger partial charge in [-0.2, -0.15) is 5.10 Å². The molecule has 0 amide bonds. The zero-order valence-electron chi connectivity index (χ0n) is 11.1. The molecule has 1 N–H and O–H groups in total. The number of rotatable bonds is 7. The number of likely N-dealkylation sites (N-methyl/N-ethyl adjacent to an activating group) is 1. The number of aryl methyl sites for hydroxylation is 2. The molecular formula is C12H22BrN3O. The Kier molecular flexibility index (Phi) is 6.16. The van der Waals surface area contributed by atoms with Crippen molar-refractivity contribution in [3.63, 3.8) is 0 Å². The van der Waals surface area contributed by atoms with Gasteiger partial charge >= 0.3 is 0 Å². The molecule has 1 aromatic heterocycles. The van der Waals surface area contributed by atoms with Crippen molar-refractivity contribution in [1.82, 2.24) is 15.1 Å². The van der Waals surface area contributed by atoms with Crippen LogP contribution in [0.4, 0.5) is 0 Å². The lowest BCUT2D eigenvalue weighted by molar-refractivity contribution is 0.168. The van der Waals surface area contributed by atoms with Crippen molar-refractivity contribution >= 4 is 15.9 Å². The molecule has 0 aliphatic heterocycles. The van der Waals surface area contributed by atoms with E-state index in [2.05, 4.69) is 44.9 Å². The summed E-state index contributed by atoms with van der Waals surface area (Å²) in [6.45, 7) is 5.85. The Morgan fingerprint density at radius 2 is 2.18 bits per heavy atom. The first-order valence-corrected chi connectivity index (χ1v) is 6.87. The molecule has 0 radical (unpaired) electrons. The molecule has 1 heterocycles. The fourth-order valence-electron chi connectivity index (χ4n) is 1.89. The number of nitrogens with one attached hydrogen (secondary N) is 1. The van der Waals surface area contributed by atoms with Crippen molar-refractivity contribution < 1.29 is 4.74 Å². The first-order valence-electron chi connectivity index (χ1n) is 6.08. The van der Waals surface area contributed by atoms with Crippen LogP contribution in [0.1, 0.15) is 25.2 Å². The van der Waals surface area contributed by atoms with Crippen LogP contribution in [0, 0.1) is 0 Å². The van der Waals surface area contributed by atoms with Gasteiger partial charge in [-0.3, -0.25) is 4.68 Å². The van der Waals surface area contributed by atoms with Gasteiger partial charge in [0.15, 0.2) is 0 Å². The lowest BCUT2D eigenvalue weighted by Crippen LogP contribution is -2.33. The Balaban J connectivity index is 2.91. The number of aromatic nitrogens is 2. The first kappa shape index (κ1) is 14.7. The maximum atomic E-state index is 5.21. The van der Waals surface area contributed by atoms with Crippen LogP contribution in [-0.4, -0.2) is 36.6 Å². The van der Waals surface area contributed by atoms with Crippen molar-refractivity contribution in [1.29, 1.82) is 0 Å². The highest BCUT2D eigenvalue weighted by Gasteiger charge is 2.17. The summed E-state index contributed by atoms with van der Waals surface area (Å²) in [5.41, 5.74) is 2.38. The van der Waals surface area contributed by atoms with E-state index < -0.39 is 0 Å². The van der Waals surface area contributed by atoms with Crippen molar-refractivity contribution in [3.8, 4) is 0 Å². The largest absolute Gasteiger partial charge is 0.383 e. The molecular weight excluding hydrogens is 282 g/mol. The van der Waals surface area contributed by atoms with Gasteiger partial charge in [0.1, 0.15) is 0 Å². The quantitative estimate of drug-likeness (QED) is 0.837. The summed E-state index contributed by atoms with van der Waals surface area (Å²) in [6, 6.07) is 0.322. The average molecular weight is 304 g/mol. The second-order valence-corrected chi connectivity index (χ2v) is 4.81. The second-order valence-electron chi connectivity index (χ2n) is 4.02. The predicted octanol–water partition coefficient (Wildman–Crippen LogP) is 2.00. The summed E-state index contributed by atoms with van der Waals surface area (Å²) in [5, 5.41) is 7.87. The SMILES string of the molecule is CCc1nn(CC)c(CC(COC)NC)c1Br. The fraction of sp³-hybridized carbons (Fsp3) is 0.750. The van der Waals surface area contributed by atoms with E-state index in [-0.39, 0.29) is 0 Å². The summed E-state index contributed by atoms with van der Waals surface area (Å²) in [7, 11) is 3.69. The Bertz CT molecular complexity index is 352. The van der Waals surface area contributed by atoms with E-state index in [9.17, 15) is 0 Å². The summed E-state index contributed by atoms with van der Waals surface area (Å²) in [6.07, 6.45) is 1.88. The molecule has 4 nitrogen and oxygen atoms in total. The molecule has 0 aromatic carbocycles. The Morgan fingerprint density at radius 3 is 2.65 bits per heavy atom. The van der Waals surface area contributed by atoms with Gasteiger partial charge in [-0.25, -0.2) is 0 Å². The number of hydrogen-bond donors (Lipinski definition) is 1. The molecule has 0 fully saturated rings. The third kappa shape index (κ3) is 3.53. The molecule has 5 heteroatoms. The second kappa shape index (κ2) is 7.13. The molecule has 1 aromatic rings. The maximum Gasteiger partial charge on any atom is 0.0766 e. The molecule has 0 aliphatic carbocycles. The first-order chi connectivity index (χ1) is 8.17. The van der Waals surface area contributed by atoms with Crippen molar-refractivity contribution in [2.24, 2.45) is 0 Å². The van der Waals surface area contributed by atoms with Gasteiger partial charge < -0.3 is 10.1 Å². The van der Waals surface area contributed by atoms with Crippen LogP contribution in [0.15, 0.2) is 4.47 Å². The summed E-state index contributed by atoms with van der Waals surface area (Å²) >= 11 is 3.66. The minimum Gasteiger partial charge on any atom is -0.383 e. The molecule has 98 valence electrons. The minimum atomic E-state index is 0.322. The van der Waals surface area contributed by atoms with Gasteiger partial charge in [-0.15, -0.1) is 0 Å². The van der Waals surface area contributed by atoms with Crippen LogP contribution in [0.25, 0.3) is 0 Å². The highest BCUT2D eigenvalue weighted by atomic mass is 79.9. The van der Waals surface area contributed by atoms with Gasteiger partial charge in [0, 0.05) is 26.1 Å². The molecule has 0 saturated carbocycles. The van der Waals surface area contributed by atoms with E-state index >= 15 is 0 Å². The van der Waals surface area contributed by atoms with Crippen molar-refractivity contribution in [3.05, 3.63) is 15.9 Å². The van der Waals surface area contributed by atoms with Crippen LogP contribution < -0.4 is 5.32 Å². The molecule has 1 unspecified atom stereocenters. The Labute approximate surface area is 112 Å². The molecule has 17 heavy (non-hydrogen) atoms. The van der Waals surface area contributed by atoms with Crippen LogP contribution in [0.5, 0.6) is 0 Å². The van der Waals surface area contributed by atoms with E-state index in [0.29, 0.717) is 12.6 Å². The number of ether oxygens (including phenoxy) is 1. The lowest BCUT2D eigenvalue weighted by Gasteiger charge is -2.16. The molecule has 0 saturated heterocycles. The van der Waals surface area contributed by atoms with Gasteiger partial charge in [0.2, 0.25) is 0 Å². The highest BCUT2D eigenvalue weighted by molar-refractivity contribution is 9.10. The normalized spacial score (nSPS) is 13.0. The predicted molar refractivity (Wildman–Crippen MR) is 73.4 cm³/mol. The third-order valence-electron chi connectivity index (χ3n) is 2.91. The van der Waals surface area contributed by atoms with E-state index in [4.69, 9.17) is 4.74 Å². The van der Waals surface area contributed by atoms with Gasteiger partial charge in [0.05, 0.1) is 22.5 Å².